The lowest BCUT2D eigenvalue weighted by molar-refractivity contribution is -0.114. The molecule has 0 radical (unpaired) electrons. The summed E-state index contributed by atoms with van der Waals surface area (Å²) in [4.78, 5) is 12.1. The van der Waals surface area contributed by atoms with Crippen LogP contribution in [0.15, 0.2) is 72.8 Å². The van der Waals surface area contributed by atoms with Crippen molar-refractivity contribution in [2.24, 2.45) is 0 Å². The molecule has 1 heteroatoms. The minimum atomic E-state index is 0.149. The van der Waals surface area contributed by atoms with Gasteiger partial charge in [-0.25, -0.2) is 0 Å². The molecule has 0 unspecified atom stereocenters. The van der Waals surface area contributed by atoms with Crippen molar-refractivity contribution in [2.75, 3.05) is 0 Å². The predicted octanol–water partition coefficient (Wildman–Crippen LogP) is 5.56. The van der Waals surface area contributed by atoms with Crippen molar-refractivity contribution < 1.29 is 4.79 Å². The van der Waals surface area contributed by atoms with Crippen LogP contribution in [0.3, 0.4) is 0 Å². The summed E-state index contributed by atoms with van der Waals surface area (Å²) < 4.78 is 0. The van der Waals surface area contributed by atoms with Gasteiger partial charge in [-0.2, -0.15) is 0 Å². The maximum Gasteiger partial charge on any atom is 0.156 e. The predicted molar refractivity (Wildman–Crippen MR) is 97.5 cm³/mol. The van der Waals surface area contributed by atoms with Gasteiger partial charge in [-0.05, 0) is 46.0 Å². The number of fused-ring (bicyclic) bond motifs is 1. The molecular formula is C22H20O. The molecule has 0 aliphatic rings. The third kappa shape index (κ3) is 3.09. The molecule has 0 atom stereocenters. The Labute approximate surface area is 137 Å². The molecule has 1 nitrogen and oxygen atoms in total. The van der Waals surface area contributed by atoms with Gasteiger partial charge in [0.05, 0.1) is 0 Å². The van der Waals surface area contributed by atoms with Crippen LogP contribution in [-0.2, 0) is 4.79 Å². The lowest BCUT2D eigenvalue weighted by Gasteiger charge is -2.14. The standard InChI is InChI=1S/C22H20O/c1-3-19(23)15-22(17-9-5-4-6-10-17)21-14-13-18-11-7-8-12-20(18)16(21)2/h4-15H,3H2,1-2H3/b22-15-. The van der Waals surface area contributed by atoms with Gasteiger partial charge in [-0.1, -0.05) is 73.7 Å². The van der Waals surface area contributed by atoms with Crippen LogP contribution in [0, 0.1) is 6.92 Å². The average molecular weight is 300 g/mol. The zero-order valence-electron chi connectivity index (χ0n) is 13.5. The van der Waals surface area contributed by atoms with Crippen molar-refractivity contribution in [1.29, 1.82) is 0 Å². The molecule has 0 bridgehead atoms. The van der Waals surface area contributed by atoms with Gasteiger partial charge >= 0.3 is 0 Å². The highest BCUT2D eigenvalue weighted by atomic mass is 16.1. The molecule has 0 fully saturated rings. The van der Waals surface area contributed by atoms with E-state index in [0.29, 0.717) is 6.42 Å². The van der Waals surface area contributed by atoms with E-state index in [2.05, 4.69) is 55.5 Å². The second-order valence-electron chi connectivity index (χ2n) is 5.70. The molecule has 0 amide bonds. The Morgan fingerprint density at radius 2 is 1.61 bits per heavy atom. The van der Waals surface area contributed by atoms with Crippen molar-refractivity contribution >= 4 is 22.1 Å². The van der Waals surface area contributed by atoms with E-state index in [4.69, 9.17) is 0 Å². The average Bonchev–Trinajstić information content (AvgIpc) is 2.61. The molecule has 0 aliphatic carbocycles. The fraction of sp³-hybridized carbons (Fsp3) is 0.136. The summed E-state index contributed by atoms with van der Waals surface area (Å²) in [5, 5.41) is 2.46. The smallest absolute Gasteiger partial charge is 0.156 e. The highest BCUT2D eigenvalue weighted by molar-refractivity contribution is 6.02. The Kier molecular flexibility index (Phi) is 4.38. The molecule has 0 aliphatic heterocycles. The first-order chi connectivity index (χ1) is 11.2. The van der Waals surface area contributed by atoms with Crippen LogP contribution in [0.5, 0.6) is 0 Å². The molecule has 0 saturated heterocycles. The molecule has 114 valence electrons. The van der Waals surface area contributed by atoms with Gasteiger partial charge in [0.15, 0.2) is 5.78 Å². The molecule has 0 aromatic heterocycles. The van der Waals surface area contributed by atoms with E-state index >= 15 is 0 Å². The van der Waals surface area contributed by atoms with E-state index in [-0.39, 0.29) is 5.78 Å². The molecule has 3 aromatic rings. The lowest BCUT2D eigenvalue weighted by Crippen LogP contribution is -1.97. The fourth-order valence-electron chi connectivity index (χ4n) is 2.92. The van der Waals surface area contributed by atoms with E-state index in [1.165, 1.54) is 16.3 Å². The lowest BCUT2D eigenvalue weighted by atomic mass is 9.90. The molecule has 23 heavy (non-hydrogen) atoms. The number of ketones is 1. The summed E-state index contributed by atoms with van der Waals surface area (Å²) in [6.07, 6.45) is 2.30. The summed E-state index contributed by atoms with van der Waals surface area (Å²) >= 11 is 0. The highest BCUT2D eigenvalue weighted by Crippen LogP contribution is 2.30. The van der Waals surface area contributed by atoms with Gasteiger partial charge in [0, 0.05) is 6.42 Å². The first-order valence-electron chi connectivity index (χ1n) is 7.99. The van der Waals surface area contributed by atoms with Crippen molar-refractivity contribution in [1.82, 2.24) is 0 Å². The fourth-order valence-corrected chi connectivity index (χ4v) is 2.92. The number of hydrogen-bond acceptors (Lipinski definition) is 1. The van der Waals surface area contributed by atoms with Crippen LogP contribution < -0.4 is 0 Å². The number of rotatable bonds is 4. The zero-order chi connectivity index (χ0) is 16.2. The Morgan fingerprint density at radius 1 is 0.913 bits per heavy atom. The van der Waals surface area contributed by atoms with Gasteiger partial charge in [0.2, 0.25) is 0 Å². The van der Waals surface area contributed by atoms with E-state index in [1.54, 1.807) is 6.08 Å². The zero-order valence-corrected chi connectivity index (χ0v) is 13.5. The molecule has 0 N–H and O–H groups in total. The number of carbonyl (C=O) groups excluding carboxylic acids is 1. The van der Waals surface area contributed by atoms with Crippen molar-refractivity contribution in [3.63, 3.8) is 0 Å². The number of hydrogen-bond donors (Lipinski definition) is 0. The second kappa shape index (κ2) is 6.62. The number of carbonyl (C=O) groups is 1. The van der Waals surface area contributed by atoms with Crippen LogP contribution in [-0.4, -0.2) is 5.78 Å². The van der Waals surface area contributed by atoms with Crippen LogP contribution in [0.1, 0.15) is 30.0 Å². The van der Waals surface area contributed by atoms with E-state index in [1.807, 2.05) is 25.1 Å². The van der Waals surface area contributed by atoms with Crippen molar-refractivity contribution in [2.45, 2.75) is 20.3 Å². The topological polar surface area (TPSA) is 17.1 Å². The third-order valence-corrected chi connectivity index (χ3v) is 4.23. The van der Waals surface area contributed by atoms with Gasteiger partial charge in [-0.3, -0.25) is 4.79 Å². The molecule has 0 heterocycles. The Hall–Kier alpha value is -2.67. The molecular weight excluding hydrogens is 280 g/mol. The van der Waals surface area contributed by atoms with Crippen LogP contribution in [0.2, 0.25) is 0 Å². The van der Waals surface area contributed by atoms with Crippen molar-refractivity contribution in [3.8, 4) is 0 Å². The molecule has 0 spiro atoms. The van der Waals surface area contributed by atoms with E-state index in [9.17, 15) is 4.79 Å². The summed E-state index contributed by atoms with van der Waals surface area (Å²) in [6, 6.07) is 22.8. The van der Waals surface area contributed by atoms with E-state index in [0.717, 1.165) is 16.7 Å². The largest absolute Gasteiger partial charge is 0.295 e. The maximum absolute atomic E-state index is 12.1. The molecule has 0 saturated carbocycles. The van der Waals surface area contributed by atoms with E-state index < -0.39 is 0 Å². The summed E-state index contributed by atoms with van der Waals surface area (Å²) in [7, 11) is 0. The first-order valence-corrected chi connectivity index (χ1v) is 7.99. The SMILES string of the molecule is CCC(=O)/C=C(/c1ccccc1)c1ccc2ccccc2c1C. The van der Waals surface area contributed by atoms with Gasteiger partial charge < -0.3 is 0 Å². The quantitative estimate of drug-likeness (QED) is 0.577. The highest BCUT2D eigenvalue weighted by Gasteiger charge is 2.11. The summed E-state index contributed by atoms with van der Waals surface area (Å²) in [5.74, 6) is 0.149. The molecule has 3 rings (SSSR count). The maximum atomic E-state index is 12.1. The number of allylic oxidation sites excluding steroid dienone is 1. The minimum Gasteiger partial charge on any atom is -0.295 e. The normalized spacial score (nSPS) is 11.7. The second-order valence-corrected chi connectivity index (χ2v) is 5.70. The van der Waals surface area contributed by atoms with Crippen molar-refractivity contribution in [3.05, 3.63) is 89.5 Å². The van der Waals surface area contributed by atoms with Gasteiger partial charge in [0.25, 0.3) is 0 Å². The summed E-state index contributed by atoms with van der Waals surface area (Å²) in [5.41, 5.74) is 4.41. The van der Waals surface area contributed by atoms with Gasteiger partial charge in [0.1, 0.15) is 0 Å². The van der Waals surface area contributed by atoms with Gasteiger partial charge in [-0.15, -0.1) is 0 Å². The number of benzene rings is 3. The van der Waals surface area contributed by atoms with Crippen LogP contribution in [0.25, 0.3) is 16.3 Å². The van der Waals surface area contributed by atoms with Crippen LogP contribution >= 0.6 is 0 Å². The molecule has 3 aromatic carbocycles. The number of aryl methyl sites for hydroxylation is 1. The first kappa shape index (κ1) is 15.2. The minimum absolute atomic E-state index is 0.149. The Morgan fingerprint density at radius 3 is 2.35 bits per heavy atom. The summed E-state index contributed by atoms with van der Waals surface area (Å²) in [6.45, 7) is 4.03. The monoisotopic (exact) mass is 300 g/mol. The Bertz CT molecular complexity index is 873. The Balaban J connectivity index is 2.24. The third-order valence-electron chi connectivity index (χ3n) is 4.23. The van der Waals surface area contributed by atoms with Crippen LogP contribution in [0.4, 0.5) is 0 Å².